The topological polar surface area (TPSA) is 59.0 Å². The van der Waals surface area contributed by atoms with E-state index in [-0.39, 0.29) is 12.3 Å². The molecule has 2 aromatic carbocycles. The summed E-state index contributed by atoms with van der Waals surface area (Å²) in [5.74, 6) is -0.0161. The predicted molar refractivity (Wildman–Crippen MR) is 119 cm³/mol. The van der Waals surface area contributed by atoms with Crippen LogP contribution in [0.4, 0.5) is 5.69 Å². The van der Waals surface area contributed by atoms with Crippen molar-refractivity contribution >= 4 is 34.8 Å². The Labute approximate surface area is 181 Å². The zero-order valence-corrected chi connectivity index (χ0v) is 18.0. The standard InChI is InChI=1S/C22H24Cl2N4O/c1-15-19(16(2)28(27-15)21-10-9-17(23)13-20(21)24)14-22(29)26-12-6-11-25-18-7-4-3-5-8-18/h3-5,7-10,13,25H,6,11-12,14H2,1-2H3,(H,26,29). The Balaban J connectivity index is 1.54. The lowest BCUT2D eigenvalue weighted by molar-refractivity contribution is -0.120. The van der Waals surface area contributed by atoms with Crippen LogP contribution in [0.2, 0.25) is 10.0 Å². The van der Waals surface area contributed by atoms with E-state index in [1.807, 2.05) is 50.2 Å². The monoisotopic (exact) mass is 430 g/mol. The summed E-state index contributed by atoms with van der Waals surface area (Å²) in [5, 5.41) is 12.0. The summed E-state index contributed by atoms with van der Waals surface area (Å²) in [7, 11) is 0. The fraction of sp³-hybridized carbons (Fsp3) is 0.273. The van der Waals surface area contributed by atoms with Crippen LogP contribution < -0.4 is 10.6 Å². The second-order valence-corrected chi connectivity index (χ2v) is 7.67. The molecule has 0 spiro atoms. The molecule has 0 aliphatic carbocycles. The maximum atomic E-state index is 12.4. The van der Waals surface area contributed by atoms with E-state index in [0.29, 0.717) is 16.6 Å². The van der Waals surface area contributed by atoms with E-state index in [1.54, 1.807) is 16.8 Å². The number of halogens is 2. The van der Waals surface area contributed by atoms with Crippen molar-refractivity contribution in [3.63, 3.8) is 0 Å². The number of hydrogen-bond acceptors (Lipinski definition) is 3. The fourth-order valence-corrected chi connectivity index (χ4v) is 3.63. The smallest absolute Gasteiger partial charge is 0.224 e. The molecule has 3 rings (SSSR count). The third-order valence-electron chi connectivity index (χ3n) is 4.70. The summed E-state index contributed by atoms with van der Waals surface area (Å²) in [5.41, 5.74) is 4.45. The van der Waals surface area contributed by atoms with Crippen LogP contribution in [0.1, 0.15) is 23.4 Å². The number of benzene rings is 2. The Morgan fingerprint density at radius 2 is 1.83 bits per heavy atom. The van der Waals surface area contributed by atoms with Gasteiger partial charge in [0.2, 0.25) is 5.91 Å². The molecular weight excluding hydrogens is 407 g/mol. The van der Waals surface area contributed by atoms with E-state index in [1.165, 1.54) is 0 Å². The van der Waals surface area contributed by atoms with Gasteiger partial charge in [0.1, 0.15) is 0 Å². The molecule has 0 atom stereocenters. The van der Waals surface area contributed by atoms with Crippen molar-refractivity contribution in [2.24, 2.45) is 0 Å². The van der Waals surface area contributed by atoms with Gasteiger partial charge in [-0.25, -0.2) is 4.68 Å². The van der Waals surface area contributed by atoms with Gasteiger partial charge in [-0.2, -0.15) is 5.10 Å². The Morgan fingerprint density at radius 1 is 1.07 bits per heavy atom. The molecule has 5 nitrogen and oxygen atoms in total. The highest BCUT2D eigenvalue weighted by atomic mass is 35.5. The molecular formula is C22H24Cl2N4O. The highest BCUT2D eigenvalue weighted by molar-refractivity contribution is 6.35. The highest BCUT2D eigenvalue weighted by Gasteiger charge is 2.17. The number of para-hydroxylation sites is 1. The Morgan fingerprint density at radius 3 is 2.55 bits per heavy atom. The molecule has 1 aromatic heterocycles. The third-order valence-corrected chi connectivity index (χ3v) is 5.23. The second kappa shape index (κ2) is 9.81. The van der Waals surface area contributed by atoms with Crippen LogP contribution in [-0.4, -0.2) is 28.8 Å². The SMILES string of the molecule is Cc1nn(-c2ccc(Cl)cc2Cl)c(C)c1CC(=O)NCCCNc1ccccc1. The zero-order valence-electron chi connectivity index (χ0n) is 16.5. The first kappa shape index (κ1) is 21.2. The van der Waals surface area contributed by atoms with Gasteiger partial charge in [0.15, 0.2) is 0 Å². The number of carbonyl (C=O) groups excluding carboxylic acids is 1. The van der Waals surface area contributed by atoms with Crippen molar-refractivity contribution in [2.75, 3.05) is 18.4 Å². The number of nitrogens with zero attached hydrogens (tertiary/aromatic N) is 2. The van der Waals surface area contributed by atoms with Gasteiger partial charge in [-0.15, -0.1) is 0 Å². The molecule has 3 aromatic rings. The van der Waals surface area contributed by atoms with E-state index in [9.17, 15) is 4.79 Å². The third kappa shape index (κ3) is 5.52. The Hall–Kier alpha value is -2.50. The molecule has 0 aliphatic rings. The predicted octanol–water partition coefficient (Wildman–Crippen LogP) is 4.96. The average Bonchev–Trinajstić information content (AvgIpc) is 2.96. The summed E-state index contributed by atoms with van der Waals surface area (Å²) in [6.45, 7) is 5.26. The van der Waals surface area contributed by atoms with Crippen LogP contribution in [0, 0.1) is 13.8 Å². The summed E-state index contributed by atoms with van der Waals surface area (Å²) < 4.78 is 1.76. The minimum absolute atomic E-state index is 0.0161. The summed E-state index contributed by atoms with van der Waals surface area (Å²) in [6.07, 6.45) is 1.13. The van der Waals surface area contributed by atoms with Crippen LogP contribution in [0.3, 0.4) is 0 Å². The molecule has 0 radical (unpaired) electrons. The number of rotatable bonds is 8. The molecule has 1 amide bonds. The molecule has 7 heteroatoms. The van der Waals surface area contributed by atoms with E-state index in [2.05, 4.69) is 15.7 Å². The molecule has 0 fully saturated rings. The van der Waals surface area contributed by atoms with Gasteiger partial charge >= 0.3 is 0 Å². The molecule has 0 bridgehead atoms. The molecule has 0 saturated heterocycles. The van der Waals surface area contributed by atoms with Crippen molar-refractivity contribution in [2.45, 2.75) is 26.7 Å². The number of hydrogen-bond donors (Lipinski definition) is 2. The normalized spacial score (nSPS) is 10.8. The minimum atomic E-state index is -0.0161. The van der Waals surface area contributed by atoms with E-state index >= 15 is 0 Å². The molecule has 0 saturated carbocycles. The second-order valence-electron chi connectivity index (χ2n) is 6.83. The molecule has 2 N–H and O–H groups in total. The van der Waals surface area contributed by atoms with Gasteiger partial charge in [-0.05, 0) is 50.6 Å². The van der Waals surface area contributed by atoms with Crippen molar-refractivity contribution < 1.29 is 4.79 Å². The Bertz CT molecular complexity index is 986. The maximum absolute atomic E-state index is 12.4. The maximum Gasteiger partial charge on any atom is 0.224 e. The van der Waals surface area contributed by atoms with Crippen LogP contribution in [0.15, 0.2) is 48.5 Å². The van der Waals surface area contributed by atoms with Crippen molar-refractivity contribution in [1.29, 1.82) is 0 Å². The number of aromatic nitrogens is 2. The summed E-state index contributed by atoms with van der Waals surface area (Å²) in [4.78, 5) is 12.4. The molecule has 0 aliphatic heterocycles. The van der Waals surface area contributed by atoms with E-state index in [0.717, 1.165) is 41.3 Å². The number of carbonyl (C=O) groups is 1. The van der Waals surface area contributed by atoms with Crippen molar-refractivity contribution in [1.82, 2.24) is 15.1 Å². The zero-order chi connectivity index (χ0) is 20.8. The van der Waals surface area contributed by atoms with Gasteiger partial charge in [0.25, 0.3) is 0 Å². The Kier molecular flexibility index (Phi) is 7.18. The summed E-state index contributed by atoms with van der Waals surface area (Å²) >= 11 is 12.3. The lowest BCUT2D eigenvalue weighted by Gasteiger charge is -2.09. The van der Waals surface area contributed by atoms with Gasteiger partial charge in [0, 0.05) is 35.1 Å². The average molecular weight is 431 g/mol. The lowest BCUT2D eigenvalue weighted by atomic mass is 10.1. The van der Waals surface area contributed by atoms with Gasteiger partial charge < -0.3 is 10.6 Å². The van der Waals surface area contributed by atoms with Crippen LogP contribution in [0.25, 0.3) is 5.69 Å². The largest absolute Gasteiger partial charge is 0.385 e. The highest BCUT2D eigenvalue weighted by Crippen LogP contribution is 2.27. The van der Waals surface area contributed by atoms with Crippen molar-refractivity contribution in [3.8, 4) is 5.69 Å². The molecule has 1 heterocycles. The number of aryl methyl sites for hydroxylation is 1. The summed E-state index contributed by atoms with van der Waals surface area (Å²) in [6, 6.07) is 15.3. The first-order chi connectivity index (χ1) is 14.0. The van der Waals surface area contributed by atoms with Crippen molar-refractivity contribution in [3.05, 3.63) is 75.5 Å². The first-order valence-corrected chi connectivity index (χ1v) is 10.3. The van der Waals surface area contributed by atoms with E-state index < -0.39 is 0 Å². The lowest BCUT2D eigenvalue weighted by Crippen LogP contribution is -2.27. The number of nitrogens with one attached hydrogen (secondary N) is 2. The first-order valence-electron chi connectivity index (χ1n) is 9.52. The minimum Gasteiger partial charge on any atom is -0.385 e. The van der Waals surface area contributed by atoms with Gasteiger partial charge in [0.05, 0.1) is 22.8 Å². The van der Waals surface area contributed by atoms with Crippen LogP contribution >= 0.6 is 23.2 Å². The van der Waals surface area contributed by atoms with Crippen LogP contribution in [-0.2, 0) is 11.2 Å². The molecule has 0 unspecified atom stereocenters. The van der Waals surface area contributed by atoms with E-state index in [4.69, 9.17) is 23.2 Å². The fourth-order valence-electron chi connectivity index (χ4n) is 3.15. The quantitative estimate of drug-likeness (QED) is 0.496. The molecule has 152 valence electrons. The van der Waals surface area contributed by atoms with Gasteiger partial charge in [-0.1, -0.05) is 41.4 Å². The van der Waals surface area contributed by atoms with Gasteiger partial charge in [-0.3, -0.25) is 4.79 Å². The number of anilines is 1. The van der Waals surface area contributed by atoms with Crippen LogP contribution in [0.5, 0.6) is 0 Å². The number of amides is 1. The molecule has 29 heavy (non-hydrogen) atoms.